The number of ether oxygens (including phenoxy) is 1. The fraction of sp³-hybridized carbons (Fsp3) is 0.150. The van der Waals surface area contributed by atoms with Gasteiger partial charge in [-0.1, -0.05) is 23.4 Å². The lowest BCUT2D eigenvalue weighted by Crippen LogP contribution is -2.32. The number of para-hydroxylation sites is 1. The van der Waals surface area contributed by atoms with Crippen molar-refractivity contribution in [3.63, 3.8) is 0 Å². The van der Waals surface area contributed by atoms with Crippen molar-refractivity contribution < 1.29 is 28.3 Å². The molecule has 8 heteroatoms. The molecule has 0 spiro atoms. The Kier molecular flexibility index (Phi) is 5.69. The topological polar surface area (TPSA) is 102 Å². The van der Waals surface area contributed by atoms with E-state index in [1.165, 1.54) is 24.3 Å². The Bertz CT molecular complexity index is 970. The zero-order valence-corrected chi connectivity index (χ0v) is 14.9. The molecule has 2 N–H and O–H groups in total. The Hall–Kier alpha value is -3.68. The zero-order chi connectivity index (χ0) is 20.1. The molecule has 1 atom stereocenters. The van der Waals surface area contributed by atoms with E-state index in [1.807, 2.05) is 6.07 Å². The monoisotopic (exact) mass is 384 g/mol. The third-order valence-electron chi connectivity index (χ3n) is 3.96. The number of halogens is 1. The Labute approximate surface area is 159 Å². The Morgan fingerprint density at radius 1 is 1.18 bits per heavy atom. The molecular weight excluding hydrogens is 367 g/mol. The van der Waals surface area contributed by atoms with Gasteiger partial charge in [0.15, 0.2) is 6.61 Å². The summed E-state index contributed by atoms with van der Waals surface area (Å²) in [5.74, 6) is -2.06. The second-order valence-electron chi connectivity index (χ2n) is 5.98. The first kappa shape index (κ1) is 19.1. The highest BCUT2D eigenvalue weighted by molar-refractivity contribution is 5.89. The van der Waals surface area contributed by atoms with Crippen molar-refractivity contribution in [1.82, 2.24) is 10.5 Å². The fourth-order valence-electron chi connectivity index (χ4n) is 2.69. The number of carboxylic acids is 1. The number of nitrogens with zero attached hydrogens (tertiary/aromatic N) is 1. The third-order valence-corrected chi connectivity index (χ3v) is 3.96. The van der Waals surface area contributed by atoms with Gasteiger partial charge in [-0.05, 0) is 43.3 Å². The average molecular weight is 384 g/mol. The second kappa shape index (κ2) is 8.34. The van der Waals surface area contributed by atoms with Crippen LogP contribution in [0.25, 0.3) is 11.3 Å². The molecule has 0 aliphatic carbocycles. The number of aromatic carboxylic acids is 1. The van der Waals surface area contributed by atoms with E-state index in [4.69, 9.17) is 9.26 Å². The summed E-state index contributed by atoms with van der Waals surface area (Å²) in [5, 5.41) is 15.8. The number of carbonyl (C=O) groups excluding carboxylic acids is 1. The molecule has 3 rings (SSSR count). The number of benzene rings is 2. The number of rotatable bonds is 7. The van der Waals surface area contributed by atoms with Gasteiger partial charge in [-0.3, -0.25) is 4.79 Å². The van der Waals surface area contributed by atoms with Crippen LogP contribution in [0, 0.1) is 5.82 Å². The molecule has 0 saturated carbocycles. The highest BCUT2D eigenvalue weighted by Gasteiger charge is 2.28. The molecule has 28 heavy (non-hydrogen) atoms. The highest BCUT2D eigenvalue weighted by atomic mass is 19.1. The van der Waals surface area contributed by atoms with Crippen LogP contribution in [0.1, 0.15) is 29.1 Å². The van der Waals surface area contributed by atoms with E-state index in [1.54, 1.807) is 31.2 Å². The summed E-state index contributed by atoms with van der Waals surface area (Å²) in [4.78, 5) is 23.7. The van der Waals surface area contributed by atoms with Crippen LogP contribution in [0.5, 0.6) is 5.75 Å². The summed E-state index contributed by atoms with van der Waals surface area (Å²) < 4.78 is 23.5. The van der Waals surface area contributed by atoms with Gasteiger partial charge in [0.05, 0.1) is 11.6 Å². The standard InChI is InChI=1S/C20H17FN2O5/c1-12(22-16(24)11-27-15-5-3-2-4-6-15)17-18(23-28-19(17)20(25)26)13-7-9-14(21)10-8-13/h2-10,12H,11H2,1H3,(H,22,24)(H,25,26)/t12-/m1/s1. The maximum absolute atomic E-state index is 13.2. The molecule has 1 heterocycles. The normalized spacial score (nSPS) is 11.6. The Morgan fingerprint density at radius 3 is 2.50 bits per heavy atom. The van der Waals surface area contributed by atoms with Gasteiger partial charge in [-0.25, -0.2) is 9.18 Å². The molecule has 144 valence electrons. The molecule has 3 aromatic rings. The third kappa shape index (κ3) is 4.35. The first-order valence-corrected chi connectivity index (χ1v) is 8.41. The van der Waals surface area contributed by atoms with E-state index in [0.29, 0.717) is 11.3 Å². The van der Waals surface area contributed by atoms with Gasteiger partial charge in [-0.15, -0.1) is 0 Å². The zero-order valence-electron chi connectivity index (χ0n) is 14.9. The van der Waals surface area contributed by atoms with Gasteiger partial charge in [0, 0.05) is 5.56 Å². The summed E-state index contributed by atoms with van der Waals surface area (Å²) >= 11 is 0. The van der Waals surface area contributed by atoms with Crippen LogP contribution < -0.4 is 10.1 Å². The van der Waals surface area contributed by atoms with Crippen LogP contribution in [0.2, 0.25) is 0 Å². The Morgan fingerprint density at radius 2 is 1.86 bits per heavy atom. The van der Waals surface area contributed by atoms with Gasteiger partial charge < -0.3 is 19.7 Å². The van der Waals surface area contributed by atoms with Gasteiger partial charge >= 0.3 is 5.97 Å². The minimum absolute atomic E-state index is 0.187. The van der Waals surface area contributed by atoms with E-state index in [9.17, 15) is 19.1 Å². The molecule has 0 aliphatic rings. The van der Waals surface area contributed by atoms with Crippen molar-refractivity contribution in [2.75, 3.05) is 6.61 Å². The lowest BCUT2D eigenvalue weighted by molar-refractivity contribution is -0.123. The highest BCUT2D eigenvalue weighted by Crippen LogP contribution is 2.30. The van der Waals surface area contributed by atoms with Crippen LogP contribution >= 0.6 is 0 Å². The van der Waals surface area contributed by atoms with Crippen molar-refractivity contribution in [2.24, 2.45) is 0 Å². The smallest absolute Gasteiger partial charge is 0.375 e. The van der Waals surface area contributed by atoms with Crippen LogP contribution in [-0.4, -0.2) is 28.7 Å². The first-order valence-electron chi connectivity index (χ1n) is 8.41. The molecule has 0 radical (unpaired) electrons. The maximum atomic E-state index is 13.2. The maximum Gasteiger partial charge on any atom is 0.375 e. The number of hydrogen-bond donors (Lipinski definition) is 2. The number of carboxylic acid groups (broad SMARTS) is 1. The molecule has 7 nitrogen and oxygen atoms in total. The predicted octanol–water partition coefficient (Wildman–Crippen LogP) is 3.44. The van der Waals surface area contributed by atoms with Crippen LogP contribution in [0.4, 0.5) is 4.39 Å². The number of nitrogens with one attached hydrogen (secondary N) is 1. The largest absolute Gasteiger partial charge is 0.484 e. The SMILES string of the molecule is C[C@@H](NC(=O)COc1ccccc1)c1c(-c2ccc(F)cc2)noc1C(=O)O. The van der Waals surface area contributed by atoms with E-state index >= 15 is 0 Å². The van der Waals surface area contributed by atoms with Crippen LogP contribution in [0.3, 0.4) is 0 Å². The summed E-state index contributed by atoms with van der Waals surface area (Å²) in [5.41, 5.74) is 0.871. The molecule has 0 bridgehead atoms. The molecule has 2 aromatic carbocycles. The van der Waals surface area contributed by atoms with E-state index < -0.39 is 29.5 Å². The van der Waals surface area contributed by atoms with E-state index in [0.717, 1.165) is 0 Å². The Balaban J connectivity index is 1.78. The van der Waals surface area contributed by atoms with Crippen molar-refractivity contribution in [3.05, 3.63) is 71.7 Å². The van der Waals surface area contributed by atoms with Crippen molar-refractivity contribution in [1.29, 1.82) is 0 Å². The number of aromatic nitrogens is 1. The fourth-order valence-corrected chi connectivity index (χ4v) is 2.69. The lowest BCUT2D eigenvalue weighted by Gasteiger charge is -2.15. The van der Waals surface area contributed by atoms with Crippen LogP contribution in [-0.2, 0) is 4.79 Å². The quantitative estimate of drug-likeness (QED) is 0.647. The summed E-state index contributed by atoms with van der Waals surface area (Å²) in [6.45, 7) is 1.36. The molecule has 0 fully saturated rings. The predicted molar refractivity (Wildman–Crippen MR) is 97.4 cm³/mol. The number of carbonyl (C=O) groups is 2. The number of amides is 1. The van der Waals surface area contributed by atoms with Gasteiger partial charge in [0.1, 0.15) is 17.3 Å². The molecule has 1 amide bonds. The van der Waals surface area contributed by atoms with Crippen molar-refractivity contribution in [2.45, 2.75) is 13.0 Å². The molecule has 0 aliphatic heterocycles. The minimum Gasteiger partial charge on any atom is -0.484 e. The van der Waals surface area contributed by atoms with Crippen LogP contribution in [0.15, 0.2) is 59.1 Å². The van der Waals surface area contributed by atoms with E-state index in [2.05, 4.69) is 10.5 Å². The lowest BCUT2D eigenvalue weighted by atomic mass is 10.0. The second-order valence-corrected chi connectivity index (χ2v) is 5.98. The van der Waals surface area contributed by atoms with Gasteiger partial charge in [0.25, 0.3) is 5.91 Å². The number of hydrogen-bond acceptors (Lipinski definition) is 5. The summed E-state index contributed by atoms with van der Waals surface area (Å²) in [6, 6.07) is 13.4. The first-order chi connectivity index (χ1) is 13.5. The molecule has 0 unspecified atom stereocenters. The minimum atomic E-state index is -1.32. The van der Waals surface area contributed by atoms with Crippen molar-refractivity contribution in [3.8, 4) is 17.0 Å². The summed E-state index contributed by atoms with van der Waals surface area (Å²) in [7, 11) is 0. The molecular formula is C20H17FN2O5. The molecule has 1 aromatic heterocycles. The van der Waals surface area contributed by atoms with Crippen molar-refractivity contribution >= 4 is 11.9 Å². The van der Waals surface area contributed by atoms with E-state index in [-0.39, 0.29) is 17.9 Å². The average Bonchev–Trinajstić information content (AvgIpc) is 3.13. The molecule has 0 saturated heterocycles. The summed E-state index contributed by atoms with van der Waals surface area (Å²) in [6.07, 6.45) is 0. The van der Waals surface area contributed by atoms with Gasteiger partial charge in [-0.2, -0.15) is 0 Å². The van der Waals surface area contributed by atoms with Gasteiger partial charge in [0.2, 0.25) is 5.76 Å².